The van der Waals surface area contributed by atoms with Crippen molar-refractivity contribution in [2.45, 2.75) is 37.9 Å². The highest BCUT2D eigenvalue weighted by Crippen LogP contribution is 2.38. The molecule has 0 bridgehead atoms. The quantitative estimate of drug-likeness (QED) is 0.260. The number of nitrogens with one attached hydrogen (secondary N) is 1. The zero-order chi connectivity index (χ0) is 29.3. The number of aliphatic hydroxyl groups excluding tert-OH is 1. The smallest absolute Gasteiger partial charge is 0.431 e. The van der Waals surface area contributed by atoms with Gasteiger partial charge in [-0.3, -0.25) is 9.36 Å². The fourth-order valence-corrected chi connectivity index (χ4v) is 5.65. The van der Waals surface area contributed by atoms with Crippen molar-refractivity contribution in [1.82, 2.24) is 19.5 Å². The van der Waals surface area contributed by atoms with E-state index in [-0.39, 0.29) is 31.4 Å². The molecular formula is C32H27N5O6. The van der Waals surface area contributed by atoms with Crippen LogP contribution in [0.15, 0.2) is 85.5 Å². The number of aromatic nitrogens is 4. The van der Waals surface area contributed by atoms with Gasteiger partial charge in [-0.25, -0.2) is 19.7 Å². The largest absolute Gasteiger partial charge is 0.508 e. The number of ether oxygens (including phenoxy) is 3. The highest BCUT2D eigenvalue weighted by atomic mass is 16.7. The van der Waals surface area contributed by atoms with Crippen LogP contribution in [0, 0.1) is 0 Å². The maximum Gasteiger partial charge on any atom is 0.508 e. The topological polar surface area (TPSA) is 138 Å². The normalized spacial score (nSPS) is 18.7. The van der Waals surface area contributed by atoms with Crippen molar-refractivity contribution in [2.24, 2.45) is 0 Å². The summed E-state index contributed by atoms with van der Waals surface area (Å²) in [4.78, 5) is 38.0. The average molecular weight is 578 g/mol. The van der Waals surface area contributed by atoms with Crippen molar-refractivity contribution in [3.8, 4) is 11.1 Å². The monoisotopic (exact) mass is 577 g/mol. The van der Waals surface area contributed by atoms with Gasteiger partial charge in [0.05, 0.1) is 12.4 Å². The molecule has 1 amide bonds. The van der Waals surface area contributed by atoms with Crippen molar-refractivity contribution < 1.29 is 28.9 Å². The molecule has 216 valence electrons. The molecule has 1 fully saturated rings. The molecule has 3 aromatic carbocycles. The number of anilines is 1. The lowest BCUT2D eigenvalue weighted by molar-refractivity contribution is -0.0575. The molecule has 43 heavy (non-hydrogen) atoms. The molecule has 0 spiro atoms. The molecule has 3 heterocycles. The molecule has 7 rings (SSSR count). The van der Waals surface area contributed by atoms with E-state index >= 15 is 0 Å². The predicted molar refractivity (Wildman–Crippen MR) is 155 cm³/mol. The number of carbonyl (C=O) groups is 2. The minimum atomic E-state index is -0.898. The Bertz CT molecular complexity index is 1820. The standard InChI is InChI=1S/C32H27N5O6/c38-25-14-27(37-18-35-28-29(33-17-34-30(28)37)36-31(39)19-7-2-1-3-8-19)43-26(25)16-42-32(40)41-15-21-10-6-12-23-22-11-5-4-9-20(22)13-24(21)23/h1-12,17-18,25-27,38H,13-16H2,(H,33,34,36,39)/t25-,26+,27+/m0/s1. The summed E-state index contributed by atoms with van der Waals surface area (Å²) in [5.41, 5.74) is 6.97. The fraction of sp³-hybridized carbons (Fsp3) is 0.219. The van der Waals surface area contributed by atoms with Gasteiger partial charge in [-0.15, -0.1) is 0 Å². The number of nitrogens with zero attached hydrogens (tertiary/aromatic N) is 4. The van der Waals surface area contributed by atoms with E-state index in [1.54, 1.807) is 28.8 Å². The van der Waals surface area contributed by atoms with Gasteiger partial charge < -0.3 is 24.6 Å². The second-order valence-corrected chi connectivity index (χ2v) is 10.4. The van der Waals surface area contributed by atoms with Crippen LogP contribution >= 0.6 is 0 Å². The Morgan fingerprint density at radius 1 is 0.953 bits per heavy atom. The van der Waals surface area contributed by atoms with Crippen molar-refractivity contribution in [3.05, 3.63) is 108 Å². The Balaban J connectivity index is 0.962. The number of amides is 1. The van der Waals surface area contributed by atoms with Crippen LogP contribution < -0.4 is 5.32 Å². The lowest BCUT2D eigenvalue weighted by atomic mass is 10.0. The molecule has 11 nitrogen and oxygen atoms in total. The van der Waals surface area contributed by atoms with Crippen LogP contribution in [0.4, 0.5) is 10.6 Å². The van der Waals surface area contributed by atoms with E-state index < -0.39 is 24.6 Å². The van der Waals surface area contributed by atoms with Crippen molar-refractivity contribution in [3.63, 3.8) is 0 Å². The molecule has 3 atom stereocenters. The van der Waals surface area contributed by atoms with Gasteiger partial charge in [0.15, 0.2) is 17.0 Å². The minimum absolute atomic E-state index is 0.0799. The van der Waals surface area contributed by atoms with Crippen LogP contribution in [0.25, 0.3) is 22.3 Å². The van der Waals surface area contributed by atoms with Gasteiger partial charge in [-0.05, 0) is 46.4 Å². The lowest BCUT2D eigenvalue weighted by Gasteiger charge is -2.16. The number of rotatable bonds is 7. The van der Waals surface area contributed by atoms with Crippen LogP contribution in [-0.4, -0.2) is 55.5 Å². The lowest BCUT2D eigenvalue weighted by Crippen LogP contribution is -2.28. The molecule has 0 radical (unpaired) electrons. The maximum absolute atomic E-state index is 12.6. The first-order valence-corrected chi connectivity index (χ1v) is 13.9. The molecule has 1 aliphatic carbocycles. The van der Waals surface area contributed by atoms with Crippen molar-refractivity contribution in [1.29, 1.82) is 0 Å². The first-order chi connectivity index (χ1) is 21.0. The number of carbonyl (C=O) groups excluding carboxylic acids is 2. The summed E-state index contributed by atoms with van der Waals surface area (Å²) >= 11 is 0. The van der Waals surface area contributed by atoms with E-state index in [1.807, 2.05) is 30.3 Å². The Morgan fingerprint density at radius 2 is 1.77 bits per heavy atom. The second kappa shape index (κ2) is 11.3. The Hall–Kier alpha value is -5.13. The van der Waals surface area contributed by atoms with E-state index in [0.717, 1.165) is 23.1 Å². The van der Waals surface area contributed by atoms with Gasteiger partial charge in [0.2, 0.25) is 0 Å². The third-order valence-corrected chi connectivity index (χ3v) is 7.80. The zero-order valence-electron chi connectivity index (χ0n) is 22.9. The molecule has 0 unspecified atom stereocenters. The number of imidazole rings is 1. The summed E-state index contributed by atoms with van der Waals surface area (Å²) < 4.78 is 18.4. The van der Waals surface area contributed by atoms with E-state index in [2.05, 4.69) is 38.5 Å². The highest BCUT2D eigenvalue weighted by Gasteiger charge is 2.37. The molecule has 1 aliphatic heterocycles. The van der Waals surface area contributed by atoms with Gasteiger partial charge >= 0.3 is 6.16 Å². The number of aliphatic hydroxyl groups is 1. The van der Waals surface area contributed by atoms with Gasteiger partial charge in [0.25, 0.3) is 5.91 Å². The number of fused-ring (bicyclic) bond motifs is 4. The Kier molecular flexibility index (Phi) is 7.01. The number of hydrogen-bond acceptors (Lipinski definition) is 9. The van der Waals surface area contributed by atoms with E-state index in [1.165, 1.54) is 23.8 Å². The molecule has 11 heteroatoms. The van der Waals surface area contributed by atoms with E-state index in [4.69, 9.17) is 14.2 Å². The fourth-order valence-electron chi connectivity index (χ4n) is 5.65. The average Bonchev–Trinajstić information content (AvgIpc) is 3.74. The van der Waals surface area contributed by atoms with Gasteiger partial charge in [0.1, 0.15) is 31.9 Å². The number of hydrogen-bond donors (Lipinski definition) is 2. The summed E-state index contributed by atoms with van der Waals surface area (Å²) in [6, 6.07) is 23.0. The summed E-state index contributed by atoms with van der Waals surface area (Å²) in [5, 5.41) is 13.4. The Labute approximate surface area is 246 Å². The summed E-state index contributed by atoms with van der Waals surface area (Å²) in [6.07, 6.45) is 0.721. The van der Waals surface area contributed by atoms with Gasteiger partial charge in [0, 0.05) is 12.0 Å². The SMILES string of the molecule is O=C(OCc1cccc2c1Cc1ccccc1-2)OC[C@H]1O[C@@H](n2cnc3c(NC(=O)c4ccccc4)ncnc32)C[C@@H]1O. The molecule has 0 saturated carbocycles. The highest BCUT2D eigenvalue weighted by molar-refractivity contribution is 6.06. The van der Waals surface area contributed by atoms with Gasteiger partial charge in [-0.1, -0.05) is 60.7 Å². The van der Waals surface area contributed by atoms with Crippen LogP contribution in [0.3, 0.4) is 0 Å². The van der Waals surface area contributed by atoms with Crippen molar-refractivity contribution >= 4 is 29.0 Å². The first-order valence-electron chi connectivity index (χ1n) is 13.9. The van der Waals surface area contributed by atoms with Crippen molar-refractivity contribution in [2.75, 3.05) is 11.9 Å². The van der Waals surface area contributed by atoms with Crippen LogP contribution in [0.2, 0.25) is 0 Å². The van der Waals surface area contributed by atoms with Crippen LogP contribution in [-0.2, 0) is 27.2 Å². The third-order valence-electron chi connectivity index (χ3n) is 7.80. The predicted octanol–water partition coefficient (Wildman–Crippen LogP) is 4.65. The van der Waals surface area contributed by atoms with E-state index in [0.29, 0.717) is 16.7 Å². The molecule has 2 aliphatic rings. The maximum atomic E-state index is 12.6. The minimum Gasteiger partial charge on any atom is -0.431 e. The summed E-state index contributed by atoms with van der Waals surface area (Å²) in [5.74, 6) is -0.0692. The van der Waals surface area contributed by atoms with Crippen LogP contribution in [0.5, 0.6) is 0 Å². The number of benzene rings is 3. The summed E-state index contributed by atoms with van der Waals surface area (Å²) in [6.45, 7) is -0.106. The molecular weight excluding hydrogens is 550 g/mol. The zero-order valence-corrected chi connectivity index (χ0v) is 22.9. The first kappa shape index (κ1) is 26.7. The molecule has 2 N–H and O–H groups in total. The summed E-state index contributed by atoms with van der Waals surface area (Å²) in [7, 11) is 0. The van der Waals surface area contributed by atoms with Crippen LogP contribution in [0.1, 0.15) is 39.7 Å². The second-order valence-electron chi connectivity index (χ2n) is 10.4. The third kappa shape index (κ3) is 5.20. The molecule has 2 aromatic heterocycles. The van der Waals surface area contributed by atoms with Gasteiger partial charge in [-0.2, -0.15) is 0 Å². The Morgan fingerprint density at radius 3 is 2.65 bits per heavy atom. The van der Waals surface area contributed by atoms with E-state index in [9.17, 15) is 14.7 Å². The molecule has 1 saturated heterocycles. The molecule has 5 aromatic rings.